The van der Waals surface area contributed by atoms with Gasteiger partial charge >= 0.3 is 0 Å². The molecule has 0 aliphatic carbocycles. The van der Waals surface area contributed by atoms with Crippen LogP contribution in [-0.4, -0.2) is 32.7 Å². The molecule has 1 atom stereocenters. The predicted octanol–water partition coefficient (Wildman–Crippen LogP) is 3.52. The standard InChI is InChI=1S/C21H24N2O3S/c1-15-13-18(9-10-19(15)22-11-5-6-12-27(22,25)26)21(24)23-16(2)14-17-7-3-4-8-20(17)23/h3-4,7-10,13,16H,5-6,11-12,14H2,1-2H3/t16-/m1/s1. The van der Waals surface area contributed by atoms with Crippen LogP contribution >= 0.6 is 0 Å². The molecule has 2 aliphatic heterocycles. The van der Waals surface area contributed by atoms with Crippen LogP contribution in [0.2, 0.25) is 0 Å². The van der Waals surface area contributed by atoms with Gasteiger partial charge in [-0.15, -0.1) is 0 Å². The number of fused-ring (bicyclic) bond motifs is 1. The number of benzene rings is 2. The first-order valence-corrected chi connectivity index (χ1v) is 11.0. The fourth-order valence-electron chi connectivity index (χ4n) is 4.14. The minimum Gasteiger partial charge on any atom is -0.305 e. The molecule has 0 saturated carbocycles. The number of sulfonamides is 1. The van der Waals surface area contributed by atoms with Gasteiger partial charge < -0.3 is 4.90 Å². The highest BCUT2D eigenvalue weighted by Crippen LogP contribution is 2.34. The van der Waals surface area contributed by atoms with E-state index < -0.39 is 10.0 Å². The average Bonchev–Trinajstić information content (AvgIpc) is 2.97. The molecule has 142 valence electrons. The monoisotopic (exact) mass is 384 g/mol. The summed E-state index contributed by atoms with van der Waals surface area (Å²) < 4.78 is 26.3. The molecular weight excluding hydrogens is 360 g/mol. The highest BCUT2D eigenvalue weighted by Gasteiger charge is 2.32. The first kappa shape index (κ1) is 18.0. The Morgan fingerprint density at radius 1 is 1.07 bits per heavy atom. The number of anilines is 2. The summed E-state index contributed by atoms with van der Waals surface area (Å²) in [5, 5.41) is 0. The van der Waals surface area contributed by atoms with E-state index in [1.807, 2.05) is 36.1 Å². The van der Waals surface area contributed by atoms with E-state index in [1.54, 1.807) is 12.1 Å². The third-order valence-corrected chi connectivity index (χ3v) is 7.34. The molecule has 0 aromatic heterocycles. The summed E-state index contributed by atoms with van der Waals surface area (Å²) in [6.45, 7) is 4.43. The highest BCUT2D eigenvalue weighted by atomic mass is 32.2. The molecule has 27 heavy (non-hydrogen) atoms. The Morgan fingerprint density at radius 3 is 2.59 bits per heavy atom. The van der Waals surface area contributed by atoms with E-state index in [2.05, 4.69) is 13.0 Å². The lowest BCUT2D eigenvalue weighted by molar-refractivity contribution is 0.0981. The Morgan fingerprint density at radius 2 is 1.85 bits per heavy atom. The largest absolute Gasteiger partial charge is 0.305 e. The lowest BCUT2D eigenvalue weighted by Crippen LogP contribution is -2.38. The molecule has 2 aromatic rings. The molecule has 6 heteroatoms. The van der Waals surface area contributed by atoms with Crippen molar-refractivity contribution in [3.05, 3.63) is 59.2 Å². The van der Waals surface area contributed by atoms with E-state index in [4.69, 9.17) is 0 Å². The molecule has 1 fully saturated rings. The number of amides is 1. The Balaban J connectivity index is 1.66. The summed E-state index contributed by atoms with van der Waals surface area (Å²) in [6, 6.07) is 13.4. The van der Waals surface area contributed by atoms with Gasteiger partial charge in [-0.2, -0.15) is 0 Å². The summed E-state index contributed by atoms with van der Waals surface area (Å²) in [6.07, 6.45) is 2.42. The zero-order chi connectivity index (χ0) is 19.2. The molecule has 0 N–H and O–H groups in total. The lowest BCUT2D eigenvalue weighted by atomic mass is 10.1. The van der Waals surface area contributed by atoms with Crippen molar-refractivity contribution in [2.45, 2.75) is 39.2 Å². The molecule has 5 nitrogen and oxygen atoms in total. The maximum absolute atomic E-state index is 13.2. The minimum absolute atomic E-state index is 0.0383. The van der Waals surface area contributed by atoms with Crippen molar-refractivity contribution in [1.29, 1.82) is 0 Å². The van der Waals surface area contributed by atoms with E-state index in [9.17, 15) is 13.2 Å². The number of para-hydroxylation sites is 1. The van der Waals surface area contributed by atoms with Gasteiger partial charge in [-0.1, -0.05) is 18.2 Å². The van der Waals surface area contributed by atoms with Crippen molar-refractivity contribution >= 4 is 27.3 Å². The summed E-state index contributed by atoms with van der Waals surface area (Å²) in [7, 11) is -3.26. The minimum atomic E-state index is -3.26. The van der Waals surface area contributed by atoms with Gasteiger partial charge in [-0.25, -0.2) is 8.42 Å². The second-order valence-electron chi connectivity index (χ2n) is 7.45. The van der Waals surface area contributed by atoms with Crippen LogP contribution in [0.4, 0.5) is 11.4 Å². The first-order chi connectivity index (χ1) is 12.9. The van der Waals surface area contributed by atoms with E-state index in [-0.39, 0.29) is 17.7 Å². The summed E-state index contributed by atoms with van der Waals surface area (Å²) in [5.74, 6) is 0.151. The van der Waals surface area contributed by atoms with Crippen molar-refractivity contribution < 1.29 is 13.2 Å². The van der Waals surface area contributed by atoms with Gasteiger partial charge in [0, 0.05) is 23.8 Å². The highest BCUT2D eigenvalue weighted by molar-refractivity contribution is 7.92. The van der Waals surface area contributed by atoms with Crippen LogP contribution in [-0.2, 0) is 16.4 Å². The second kappa shape index (κ2) is 6.68. The Hall–Kier alpha value is -2.34. The number of aryl methyl sites for hydroxylation is 1. The molecule has 0 spiro atoms. The van der Waals surface area contributed by atoms with Crippen molar-refractivity contribution in [3.8, 4) is 0 Å². The number of carbonyl (C=O) groups is 1. The fourth-order valence-corrected chi connectivity index (χ4v) is 5.84. The summed E-state index contributed by atoms with van der Waals surface area (Å²) in [5.41, 5.74) is 4.24. The predicted molar refractivity (Wildman–Crippen MR) is 108 cm³/mol. The number of nitrogens with zero attached hydrogens (tertiary/aromatic N) is 2. The van der Waals surface area contributed by atoms with Crippen LogP contribution in [0.15, 0.2) is 42.5 Å². The van der Waals surface area contributed by atoms with Gasteiger partial charge in [-0.3, -0.25) is 9.10 Å². The van der Waals surface area contributed by atoms with Gasteiger partial charge in [0.25, 0.3) is 5.91 Å². The maximum atomic E-state index is 13.2. The molecule has 1 amide bonds. The molecular formula is C21H24N2O3S. The maximum Gasteiger partial charge on any atom is 0.258 e. The normalized spacial score (nSPS) is 21.2. The Bertz CT molecular complexity index is 1000. The fraction of sp³-hybridized carbons (Fsp3) is 0.381. The molecule has 2 aromatic carbocycles. The molecule has 0 bridgehead atoms. The van der Waals surface area contributed by atoms with Crippen LogP contribution in [0.5, 0.6) is 0 Å². The van der Waals surface area contributed by atoms with E-state index >= 15 is 0 Å². The topological polar surface area (TPSA) is 57.7 Å². The quantitative estimate of drug-likeness (QED) is 0.796. The Labute approximate surface area is 160 Å². The Kier molecular flexibility index (Phi) is 4.46. The van der Waals surface area contributed by atoms with Gasteiger partial charge in [0.05, 0.1) is 11.4 Å². The van der Waals surface area contributed by atoms with Crippen molar-refractivity contribution in [2.75, 3.05) is 21.5 Å². The van der Waals surface area contributed by atoms with Gasteiger partial charge in [0.2, 0.25) is 10.0 Å². The van der Waals surface area contributed by atoms with Gasteiger partial charge in [-0.05, 0) is 68.5 Å². The van der Waals surface area contributed by atoms with Crippen LogP contribution in [0, 0.1) is 6.92 Å². The average molecular weight is 385 g/mol. The molecule has 2 aliphatic rings. The third-order valence-electron chi connectivity index (χ3n) is 5.49. The van der Waals surface area contributed by atoms with Crippen LogP contribution < -0.4 is 9.21 Å². The lowest BCUT2D eigenvalue weighted by Gasteiger charge is -2.30. The van der Waals surface area contributed by atoms with E-state index in [0.29, 0.717) is 24.2 Å². The van der Waals surface area contributed by atoms with Crippen molar-refractivity contribution in [3.63, 3.8) is 0 Å². The summed E-state index contributed by atoms with van der Waals surface area (Å²) >= 11 is 0. The van der Waals surface area contributed by atoms with Gasteiger partial charge in [0.15, 0.2) is 0 Å². The molecule has 1 saturated heterocycles. The number of rotatable bonds is 2. The number of carbonyl (C=O) groups excluding carboxylic acids is 1. The third kappa shape index (κ3) is 3.12. The molecule has 4 rings (SSSR count). The van der Waals surface area contributed by atoms with Gasteiger partial charge in [0.1, 0.15) is 0 Å². The SMILES string of the molecule is Cc1cc(C(=O)N2c3ccccc3C[C@H]2C)ccc1N1CCCCS1(=O)=O. The van der Waals surface area contributed by atoms with Crippen LogP contribution in [0.1, 0.15) is 41.3 Å². The zero-order valence-electron chi connectivity index (χ0n) is 15.7. The molecule has 0 unspecified atom stereocenters. The van der Waals surface area contributed by atoms with E-state index in [0.717, 1.165) is 24.1 Å². The molecule has 2 heterocycles. The second-order valence-corrected chi connectivity index (χ2v) is 9.47. The summed E-state index contributed by atoms with van der Waals surface area (Å²) in [4.78, 5) is 15.0. The number of hydrogen-bond acceptors (Lipinski definition) is 3. The zero-order valence-corrected chi connectivity index (χ0v) is 16.5. The van der Waals surface area contributed by atoms with Crippen LogP contribution in [0.25, 0.3) is 0 Å². The smallest absolute Gasteiger partial charge is 0.258 e. The number of hydrogen-bond donors (Lipinski definition) is 0. The van der Waals surface area contributed by atoms with Crippen molar-refractivity contribution in [2.24, 2.45) is 0 Å². The van der Waals surface area contributed by atoms with E-state index in [1.165, 1.54) is 9.87 Å². The molecule has 0 radical (unpaired) electrons. The van der Waals surface area contributed by atoms with Crippen molar-refractivity contribution in [1.82, 2.24) is 0 Å². The van der Waals surface area contributed by atoms with Crippen LogP contribution in [0.3, 0.4) is 0 Å². The first-order valence-electron chi connectivity index (χ1n) is 9.41.